The molecule has 0 aromatic heterocycles. The van der Waals surface area contributed by atoms with Crippen LogP contribution >= 0.6 is 0 Å². The summed E-state index contributed by atoms with van der Waals surface area (Å²) in [5, 5.41) is 0. The summed E-state index contributed by atoms with van der Waals surface area (Å²) in [6.07, 6.45) is 2.56. The van der Waals surface area contributed by atoms with Gasteiger partial charge in [-0.2, -0.15) is 0 Å². The molecule has 0 N–H and O–H groups in total. The largest absolute Gasteiger partial charge is 0.0995 e. The van der Waals surface area contributed by atoms with Crippen molar-refractivity contribution in [3.05, 3.63) is 47.0 Å². The Labute approximate surface area is 118 Å². The van der Waals surface area contributed by atoms with Gasteiger partial charge in [0.15, 0.2) is 0 Å². The Balaban J connectivity index is 2.56. The predicted molar refractivity (Wildman–Crippen MR) is 85.0 cm³/mol. The zero-order valence-electron chi connectivity index (χ0n) is 13.4. The van der Waals surface area contributed by atoms with Gasteiger partial charge < -0.3 is 0 Å². The van der Waals surface area contributed by atoms with E-state index in [9.17, 15) is 0 Å². The van der Waals surface area contributed by atoms with E-state index in [2.05, 4.69) is 66.3 Å². The molecule has 1 atom stereocenters. The lowest BCUT2D eigenvalue weighted by Gasteiger charge is -2.42. The van der Waals surface area contributed by atoms with Gasteiger partial charge in [0.25, 0.3) is 0 Å². The van der Waals surface area contributed by atoms with Crippen LogP contribution in [0.3, 0.4) is 0 Å². The van der Waals surface area contributed by atoms with Gasteiger partial charge in [0.1, 0.15) is 0 Å². The first-order chi connectivity index (χ1) is 8.65. The van der Waals surface area contributed by atoms with E-state index < -0.39 is 0 Å². The van der Waals surface area contributed by atoms with Crippen LogP contribution in [0.25, 0.3) is 0 Å². The zero-order chi connectivity index (χ0) is 14.4. The highest BCUT2D eigenvalue weighted by molar-refractivity contribution is 5.45. The summed E-state index contributed by atoms with van der Waals surface area (Å²) >= 11 is 0. The van der Waals surface area contributed by atoms with Crippen molar-refractivity contribution in [3.8, 4) is 0 Å². The molecule has 1 aromatic carbocycles. The Morgan fingerprint density at radius 1 is 1.05 bits per heavy atom. The van der Waals surface area contributed by atoms with Crippen LogP contribution in [0.4, 0.5) is 0 Å². The molecule has 0 nitrogen and oxygen atoms in total. The molecule has 0 bridgehead atoms. The summed E-state index contributed by atoms with van der Waals surface area (Å²) < 4.78 is 0. The molecule has 0 heteroatoms. The number of allylic oxidation sites excluding steroid dienone is 1. The monoisotopic (exact) mass is 256 g/mol. The van der Waals surface area contributed by atoms with Crippen LogP contribution in [0, 0.1) is 0 Å². The van der Waals surface area contributed by atoms with E-state index in [0.29, 0.717) is 16.7 Å². The molecule has 0 saturated heterocycles. The van der Waals surface area contributed by atoms with Crippen LogP contribution < -0.4 is 0 Å². The van der Waals surface area contributed by atoms with E-state index in [4.69, 9.17) is 0 Å². The molecule has 104 valence electrons. The average Bonchev–Trinajstić information content (AvgIpc) is 2.33. The Kier molecular flexibility index (Phi) is 3.41. The molecule has 0 amide bonds. The summed E-state index contributed by atoms with van der Waals surface area (Å²) in [6, 6.07) is 7.11. The molecule has 1 aliphatic carbocycles. The molecule has 1 aromatic rings. The van der Waals surface area contributed by atoms with Gasteiger partial charge in [0.2, 0.25) is 0 Å². The van der Waals surface area contributed by atoms with Gasteiger partial charge >= 0.3 is 0 Å². The van der Waals surface area contributed by atoms with Gasteiger partial charge in [-0.3, -0.25) is 0 Å². The van der Waals surface area contributed by atoms with Crippen LogP contribution in [-0.2, 0) is 10.8 Å². The topological polar surface area (TPSA) is 0 Å². The molecule has 0 saturated carbocycles. The molecule has 0 spiro atoms. The maximum absolute atomic E-state index is 4.11. The lowest BCUT2D eigenvalue weighted by Crippen LogP contribution is -2.33. The van der Waals surface area contributed by atoms with Crippen molar-refractivity contribution in [1.29, 1.82) is 0 Å². The van der Waals surface area contributed by atoms with Crippen LogP contribution in [-0.4, -0.2) is 0 Å². The van der Waals surface area contributed by atoms with E-state index >= 15 is 0 Å². The van der Waals surface area contributed by atoms with Crippen molar-refractivity contribution in [2.75, 3.05) is 0 Å². The summed E-state index contributed by atoms with van der Waals surface area (Å²) in [5.74, 6) is 0.450. The third-order valence-corrected chi connectivity index (χ3v) is 5.12. The summed E-state index contributed by atoms with van der Waals surface area (Å²) in [5.41, 5.74) is 6.37. The Hall–Kier alpha value is -1.04. The average molecular weight is 256 g/mol. The van der Waals surface area contributed by atoms with Gasteiger partial charge in [0.05, 0.1) is 0 Å². The highest BCUT2D eigenvalue weighted by Gasteiger charge is 2.37. The number of hydrogen-bond acceptors (Lipinski definition) is 0. The minimum absolute atomic E-state index is 0.301. The van der Waals surface area contributed by atoms with Gasteiger partial charge in [-0.25, -0.2) is 0 Å². The highest BCUT2D eigenvalue weighted by atomic mass is 14.4. The fourth-order valence-electron chi connectivity index (χ4n) is 3.16. The van der Waals surface area contributed by atoms with Crippen LogP contribution in [0.1, 0.15) is 77.0 Å². The van der Waals surface area contributed by atoms with Crippen LogP contribution in [0.2, 0.25) is 0 Å². The van der Waals surface area contributed by atoms with Gasteiger partial charge in [-0.15, -0.1) is 0 Å². The quantitative estimate of drug-likeness (QED) is 0.594. The van der Waals surface area contributed by atoms with Crippen LogP contribution in [0.15, 0.2) is 30.4 Å². The molecule has 0 aliphatic heterocycles. The van der Waals surface area contributed by atoms with Gasteiger partial charge in [-0.1, -0.05) is 65.0 Å². The van der Waals surface area contributed by atoms with E-state index in [1.807, 2.05) is 0 Å². The van der Waals surface area contributed by atoms with Crippen molar-refractivity contribution in [1.82, 2.24) is 0 Å². The van der Waals surface area contributed by atoms with E-state index in [1.165, 1.54) is 24.0 Å². The number of benzene rings is 1. The van der Waals surface area contributed by atoms with Crippen molar-refractivity contribution in [2.24, 2.45) is 0 Å². The number of fused-ring (bicyclic) bond motifs is 1. The summed E-state index contributed by atoms with van der Waals surface area (Å²) in [4.78, 5) is 0. The standard InChI is InChI=1S/C19H28/c1-13(2)14(3)15-8-9-16-17(12-15)19(6,7)11-10-18(16,4)5/h8-9,12,14H,1,10-11H2,2-7H3/t14-/m0/s1. The number of rotatable bonds is 2. The lowest BCUT2D eigenvalue weighted by molar-refractivity contribution is 0.331. The van der Waals surface area contributed by atoms with Crippen LogP contribution in [0.5, 0.6) is 0 Å². The molecule has 0 heterocycles. The fourth-order valence-corrected chi connectivity index (χ4v) is 3.16. The van der Waals surface area contributed by atoms with Gasteiger partial charge in [-0.05, 0) is 47.3 Å². The molecule has 2 rings (SSSR count). The van der Waals surface area contributed by atoms with Crippen molar-refractivity contribution < 1.29 is 0 Å². The Bertz CT molecular complexity index is 503. The molecule has 1 aliphatic rings. The summed E-state index contributed by atoms with van der Waals surface area (Å²) in [6.45, 7) is 18.0. The lowest BCUT2D eigenvalue weighted by atomic mass is 9.62. The van der Waals surface area contributed by atoms with Crippen molar-refractivity contribution in [2.45, 2.75) is 71.1 Å². The smallest absolute Gasteiger partial charge is 0.00144 e. The Morgan fingerprint density at radius 2 is 1.58 bits per heavy atom. The van der Waals surface area contributed by atoms with Gasteiger partial charge in [0, 0.05) is 5.92 Å². The minimum atomic E-state index is 0.301. The molecule has 0 radical (unpaired) electrons. The second-order valence-corrected chi connectivity index (χ2v) is 7.64. The molecule has 0 unspecified atom stereocenters. The third-order valence-electron chi connectivity index (χ3n) is 5.12. The fraction of sp³-hybridized carbons (Fsp3) is 0.579. The second-order valence-electron chi connectivity index (χ2n) is 7.64. The SMILES string of the molecule is C=C(C)[C@H](C)c1ccc2c(c1)C(C)(C)CCC2(C)C. The first-order valence-corrected chi connectivity index (χ1v) is 7.45. The first-order valence-electron chi connectivity index (χ1n) is 7.45. The maximum Gasteiger partial charge on any atom is 0.00144 e. The maximum atomic E-state index is 4.11. The predicted octanol–water partition coefficient (Wildman–Crippen LogP) is 5.72. The molecule has 0 fully saturated rings. The first kappa shape index (κ1) is 14.4. The van der Waals surface area contributed by atoms with Crippen molar-refractivity contribution in [3.63, 3.8) is 0 Å². The van der Waals surface area contributed by atoms with E-state index in [0.717, 1.165) is 0 Å². The Morgan fingerprint density at radius 3 is 2.11 bits per heavy atom. The molecule has 19 heavy (non-hydrogen) atoms. The van der Waals surface area contributed by atoms with E-state index in [1.54, 1.807) is 11.1 Å². The number of hydrogen-bond donors (Lipinski definition) is 0. The third kappa shape index (κ3) is 2.50. The summed E-state index contributed by atoms with van der Waals surface area (Å²) in [7, 11) is 0. The van der Waals surface area contributed by atoms with Crippen molar-refractivity contribution >= 4 is 0 Å². The minimum Gasteiger partial charge on any atom is -0.0995 e. The zero-order valence-corrected chi connectivity index (χ0v) is 13.4. The molecular formula is C19H28. The second kappa shape index (κ2) is 4.51. The highest BCUT2D eigenvalue weighted by Crippen LogP contribution is 2.46. The normalized spacial score (nSPS) is 21.6. The van der Waals surface area contributed by atoms with E-state index in [-0.39, 0.29) is 0 Å². The molecular weight excluding hydrogens is 228 g/mol.